The zero-order valence-electron chi connectivity index (χ0n) is 16.8. The number of hydrogen-bond acceptors (Lipinski definition) is 3. The average Bonchev–Trinajstić information content (AvgIpc) is 2.67. The highest BCUT2D eigenvalue weighted by molar-refractivity contribution is 9.10. The number of benzene rings is 2. The molecule has 0 aliphatic rings. The number of hydrogen-bond donors (Lipinski definition) is 1. The van der Waals surface area contributed by atoms with Crippen molar-refractivity contribution >= 4 is 33.4 Å². The summed E-state index contributed by atoms with van der Waals surface area (Å²) >= 11 is 3.51. The summed E-state index contributed by atoms with van der Waals surface area (Å²) in [6.07, 6.45) is 1.40. The molecule has 0 saturated heterocycles. The summed E-state index contributed by atoms with van der Waals surface area (Å²) in [5.41, 5.74) is 2.80. The van der Waals surface area contributed by atoms with Crippen LogP contribution in [0, 0.1) is 0 Å². The van der Waals surface area contributed by atoms with Gasteiger partial charge in [-0.15, -0.1) is 0 Å². The van der Waals surface area contributed by atoms with Crippen molar-refractivity contribution in [3.05, 3.63) is 58.1 Å². The lowest BCUT2D eigenvalue weighted by atomic mass is 9.99. The Hall–Kier alpha value is -2.34. The van der Waals surface area contributed by atoms with E-state index >= 15 is 0 Å². The van der Waals surface area contributed by atoms with Gasteiger partial charge in [0.05, 0.1) is 10.9 Å². The summed E-state index contributed by atoms with van der Waals surface area (Å²) < 4.78 is 6.47. The van der Waals surface area contributed by atoms with Gasteiger partial charge >= 0.3 is 0 Å². The minimum absolute atomic E-state index is 0.0371. The highest BCUT2D eigenvalue weighted by Gasteiger charge is 2.10. The zero-order valence-corrected chi connectivity index (χ0v) is 18.4. The maximum atomic E-state index is 12.2. The topological polar surface area (TPSA) is 58.6 Å². The second-order valence-corrected chi connectivity index (χ2v) is 7.85. The van der Waals surface area contributed by atoms with Crippen molar-refractivity contribution in [3.63, 3.8) is 0 Å². The van der Waals surface area contributed by atoms with Crippen molar-refractivity contribution < 1.29 is 14.3 Å². The summed E-state index contributed by atoms with van der Waals surface area (Å²) in [5.74, 6) is 0.912. The van der Waals surface area contributed by atoms with Crippen LogP contribution in [0.2, 0.25) is 0 Å². The van der Waals surface area contributed by atoms with Gasteiger partial charge < -0.3 is 15.0 Å². The van der Waals surface area contributed by atoms with E-state index in [0.29, 0.717) is 23.8 Å². The van der Waals surface area contributed by atoms with E-state index in [-0.39, 0.29) is 18.4 Å². The standard InChI is InChI=1S/C22H27BrN2O3/c1-5-15(2)17-8-11-20(19(23)13-17)28-14-21(26)24-18-9-6-16(7-10-18)12-22(27)25(3)4/h6-11,13,15H,5,12,14H2,1-4H3,(H,24,26). The maximum Gasteiger partial charge on any atom is 0.262 e. The molecule has 0 bridgehead atoms. The largest absolute Gasteiger partial charge is 0.483 e. The van der Waals surface area contributed by atoms with Gasteiger partial charge in [-0.3, -0.25) is 9.59 Å². The summed E-state index contributed by atoms with van der Waals surface area (Å²) in [4.78, 5) is 25.4. The molecule has 2 aromatic rings. The summed E-state index contributed by atoms with van der Waals surface area (Å²) in [7, 11) is 3.46. The first-order valence-electron chi connectivity index (χ1n) is 9.31. The number of halogens is 1. The molecule has 150 valence electrons. The van der Waals surface area contributed by atoms with Crippen LogP contribution in [0.5, 0.6) is 5.75 Å². The van der Waals surface area contributed by atoms with E-state index in [1.165, 1.54) is 5.56 Å². The van der Waals surface area contributed by atoms with Gasteiger partial charge in [-0.25, -0.2) is 0 Å². The normalized spacial score (nSPS) is 11.6. The van der Waals surface area contributed by atoms with Crippen molar-refractivity contribution in [2.75, 3.05) is 26.0 Å². The van der Waals surface area contributed by atoms with Crippen molar-refractivity contribution in [1.82, 2.24) is 4.90 Å². The van der Waals surface area contributed by atoms with Gasteiger partial charge in [-0.2, -0.15) is 0 Å². The number of carbonyl (C=O) groups is 2. The third-order valence-electron chi connectivity index (χ3n) is 4.59. The van der Waals surface area contributed by atoms with Gasteiger partial charge in [-0.05, 0) is 63.7 Å². The molecular formula is C22H27BrN2O3. The summed E-state index contributed by atoms with van der Waals surface area (Å²) in [6, 6.07) is 13.2. The minimum Gasteiger partial charge on any atom is -0.483 e. The van der Waals surface area contributed by atoms with Gasteiger partial charge in [-0.1, -0.05) is 32.0 Å². The second kappa shape index (κ2) is 10.3. The molecule has 1 atom stereocenters. The fraction of sp³-hybridized carbons (Fsp3) is 0.364. The van der Waals surface area contributed by atoms with Gasteiger partial charge in [0.15, 0.2) is 6.61 Å². The van der Waals surface area contributed by atoms with Crippen LogP contribution < -0.4 is 10.1 Å². The van der Waals surface area contributed by atoms with Crippen LogP contribution in [0.15, 0.2) is 46.9 Å². The number of carbonyl (C=O) groups excluding carboxylic acids is 2. The van der Waals surface area contributed by atoms with Crippen LogP contribution >= 0.6 is 15.9 Å². The first-order valence-corrected chi connectivity index (χ1v) is 10.1. The summed E-state index contributed by atoms with van der Waals surface area (Å²) in [5, 5.41) is 2.80. The van der Waals surface area contributed by atoms with E-state index < -0.39 is 0 Å². The molecule has 6 heteroatoms. The lowest BCUT2D eigenvalue weighted by molar-refractivity contribution is -0.128. The van der Waals surface area contributed by atoms with Crippen molar-refractivity contribution in [2.24, 2.45) is 0 Å². The van der Waals surface area contributed by atoms with Gasteiger partial charge in [0.1, 0.15) is 5.75 Å². The molecule has 0 fully saturated rings. The Labute approximate surface area is 175 Å². The van der Waals surface area contributed by atoms with Crippen molar-refractivity contribution in [2.45, 2.75) is 32.6 Å². The van der Waals surface area contributed by atoms with E-state index in [0.717, 1.165) is 16.5 Å². The van der Waals surface area contributed by atoms with Gasteiger partial charge in [0.25, 0.3) is 5.91 Å². The lowest BCUT2D eigenvalue weighted by Gasteiger charge is -2.13. The van der Waals surface area contributed by atoms with E-state index in [1.54, 1.807) is 31.1 Å². The quantitative estimate of drug-likeness (QED) is 0.643. The van der Waals surface area contributed by atoms with Crippen LogP contribution in [0.3, 0.4) is 0 Å². The zero-order chi connectivity index (χ0) is 20.7. The number of nitrogens with one attached hydrogen (secondary N) is 1. The molecule has 0 heterocycles. The Morgan fingerprint density at radius 1 is 1.14 bits per heavy atom. The molecule has 0 aliphatic heterocycles. The number of amides is 2. The van der Waals surface area contributed by atoms with E-state index in [2.05, 4.69) is 35.1 Å². The molecule has 0 aromatic heterocycles. The Balaban J connectivity index is 1.88. The van der Waals surface area contributed by atoms with Gasteiger partial charge in [0.2, 0.25) is 5.91 Å². The predicted octanol–water partition coefficient (Wildman–Crippen LogP) is 4.61. The van der Waals surface area contributed by atoms with E-state index in [1.807, 2.05) is 30.3 Å². The molecule has 28 heavy (non-hydrogen) atoms. The third-order valence-corrected chi connectivity index (χ3v) is 5.21. The van der Waals surface area contributed by atoms with E-state index in [9.17, 15) is 9.59 Å². The van der Waals surface area contributed by atoms with E-state index in [4.69, 9.17) is 4.74 Å². The molecule has 0 spiro atoms. The smallest absolute Gasteiger partial charge is 0.262 e. The molecule has 2 aromatic carbocycles. The number of nitrogens with zero attached hydrogens (tertiary/aromatic N) is 1. The van der Waals surface area contributed by atoms with Crippen LogP contribution in [0.1, 0.15) is 37.3 Å². The highest BCUT2D eigenvalue weighted by atomic mass is 79.9. The molecular weight excluding hydrogens is 420 g/mol. The fourth-order valence-electron chi connectivity index (χ4n) is 2.56. The highest BCUT2D eigenvalue weighted by Crippen LogP contribution is 2.30. The molecule has 1 unspecified atom stereocenters. The monoisotopic (exact) mass is 446 g/mol. The van der Waals surface area contributed by atoms with Crippen molar-refractivity contribution in [1.29, 1.82) is 0 Å². The number of anilines is 1. The molecule has 2 amide bonds. The SMILES string of the molecule is CCC(C)c1ccc(OCC(=O)Nc2ccc(CC(=O)N(C)C)cc2)c(Br)c1. The molecule has 2 rings (SSSR count). The van der Waals surface area contributed by atoms with Crippen LogP contribution in [0.25, 0.3) is 0 Å². The molecule has 5 nitrogen and oxygen atoms in total. The molecule has 0 radical (unpaired) electrons. The van der Waals surface area contributed by atoms with Crippen LogP contribution in [0.4, 0.5) is 5.69 Å². The first kappa shape index (κ1) is 22.0. The van der Waals surface area contributed by atoms with Crippen molar-refractivity contribution in [3.8, 4) is 5.75 Å². The molecule has 1 N–H and O–H groups in total. The van der Waals surface area contributed by atoms with Gasteiger partial charge in [0, 0.05) is 19.8 Å². The Morgan fingerprint density at radius 3 is 2.39 bits per heavy atom. The lowest BCUT2D eigenvalue weighted by Crippen LogP contribution is -2.23. The average molecular weight is 447 g/mol. The fourth-order valence-corrected chi connectivity index (χ4v) is 3.07. The summed E-state index contributed by atoms with van der Waals surface area (Å²) in [6.45, 7) is 4.25. The number of likely N-dealkylation sites (N-methyl/N-ethyl adjacent to an activating group) is 1. The van der Waals surface area contributed by atoms with Crippen LogP contribution in [-0.4, -0.2) is 37.4 Å². The Bertz CT molecular complexity index is 819. The Morgan fingerprint density at radius 2 is 1.82 bits per heavy atom. The molecule has 0 aliphatic carbocycles. The van der Waals surface area contributed by atoms with Crippen LogP contribution in [-0.2, 0) is 16.0 Å². The molecule has 0 saturated carbocycles. The maximum absolute atomic E-state index is 12.2. The number of rotatable bonds is 8. The number of ether oxygens (including phenoxy) is 1. The first-order chi connectivity index (χ1) is 13.3. The Kier molecular flexibility index (Phi) is 8.05. The third kappa shape index (κ3) is 6.37. The minimum atomic E-state index is -0.241. The second-order valence-electron chi connectivity index (χ2n) is 7.00. The predicted molar refractivity (Wildman–Crippen MR) is 116 cm³/mol.